The van der Waals surface area contributed by atoms with E-state index in [2.05, 4.69) is 30.6 Å². The van der Waals surface area contributed by atoms with Crippen LogP contribution in [0.5, 0.6) is 0 Å². The second-order valence-electron chi connectivity index (χ2n) is 8.34. The average Bonchev–Trinajstić information content (AvgIpc) is 3.42. The summed E-state index contributed by atoms with van der Waals surface area (Å²) in [5, 5.41) is 6.87. The summed E-state index contributed by atoms with van der Waals surface area (Å²) in [5.74, 6) is -0.651. The van der Waals surface area contributed by atoms with Crippen LogP contribution in [0.4, 0.5) is 14.6 Å². The maximum Gasteiger partial charge on any atom is 0.273 e. The first-order valence-corrected chi connectivity index (χ1v) is 11.2. The van der Waals surface area contributed by atoms with Gasteiger partial charge in [-0.1, -0.05) is 11.6 Å². The Hall–Kier alpha value is -3.53. The number of aromatic amines is 1. The molecule has 0 unspecified atom stereocenters. The van der Waals surface area contributed by atoms with Gasteiger partial charge in [0.1, 0.15) is 11.6 Å². The van der Waals surface area contributed by atoms with Gasteiger partial charge in [-0.25, -0.2) is 23.7 Å². The van der Waals surface area contributed by atoms with E-state index in [0.29, 0.717) is 23.1 Å². The third kappa shape index (κ3) is 4.33. The van der Waals surface area contributed by atoms with Crippen LogP contribution in [-0.4, -0.2) is 37.9 Å². The maximum atomic E-state index is 14.6. The number of fused-ring (bicyclic) bond motifs is 1. The van der Waals surface area contributed by atoms with Crippen LogP contribution in [0, 0.1) is 18.6 Å². The lowest BCUT2D eigenvalue weighted by atomic mass is 9.91. The molecule has 3 N–H and O–H groups in total. The number of anilines is 1. The number of benzene rings is 1. The molecule has 34 heavy (non-hydrogen) atoms. The summed E-state index contributed by atoms with van der Waals surface area (Å²) in [6.45, 7) is 1.68. The zero-order valence-electron chi connectivity index (χ0n) is 18.2. The summed E-state index contributed by atoms with van der Waals surface area (Å²) in [5.41, 5.74) is 1.04. The van der Waals surface area contributed by atoms with Gasteiger partial charge < -0.3 is 20.0 Å². The smallest absolute Gasteiger partial charge is 0.273 e. The van der Waals surface area contributed by atoms with Gasteiger partial charge in [0.25, 0.3) is 5.91 Å². The Bertz CT molecular complexity index is 1370. The highest BCUT2D eigenvalue weighted by Crippen LogP contribution is 2.32. The van der Waals surface area contributed by atoms with Crippen molar-refractivity contribution in [2.75, 3.05) is 5.32 Å². The Labute approximate surface area is 198 Å². The van der Waals surface area contributed by atoms with Crippen molar-refractivity contribution in [1.29, 1.82) is 0 Å². The molecule has 1 amide bonds. The minimum Gasteiger partial charge on any atom is -0.448 e. The maximum absolute atomic E-state index is 14.6. The lowest BCUT2D eigenvalue weighted by molar-refractivity contribution is 0.0920. The van der Waals surface area contributed by atoms with E-state index in [0.717, 1.165) is 25.5 Å². The minimum atomic E-state index is -0.600. The zero-order valence-corrected chi connectivity index (χ0v) is 18.9. The third-order valence-electron chi connectivity index (χ3n) is 6.00. The average molecular weight is 487 g/mol. The number of H-pyrrole nitrogens is 1. The molecule has 0 bridgehead atoms. The van der Waals surface area contributed by atoms with Crippen molar-refractivity contribution in [1.82, 2.24) is 25.3 Å². The molecule has 0 radical (unpaired) electrons. The van der Waals surface area contributed by atoms with E-state index >= 15 is 0 Å². The molecule has 1 aromatic carbocycles. The molecule has 1 aliphatic carbocycles. The molecular formula is C23H21ClF2N6O2. The summed E-state index contributed by atoms with van der Waals surface area (Å²) >= 11 is 6.01. The summed E-state index contributed by atoms with van der Waals surface area (Å²) in [6.07, 6.45) is 6.93. The molecule has 4 aromatic rings. The van der Waals surface area contributed by atoms with Crippen LogP contribution in [0.15, 0.2) is 35.3 Å². The van der Waals surface area contributed by atoms with Gasteiger partial charge in [-0.05, 0) is 44.7 Å². The highest BCUT2D eigenvalue weighted by Gasteiger charge is 2.26. The second kappa shape index (κ2) is 9.02. The van der Waals surface area contributed by atoms with Crippen LogP contribution in [0.25, 0.3) is 22.3 Å². The van der Waals surface area contributed by atoms with Crippen LogP contribution < -0.4 is 10.6 Å². The molecule has 2 atom stereocenters. The van der Waals surface area contributed by atoms with E-state index < -0.39 is 11.6 Å². The first kappa shape index (κ1) is 22.3. The van der Waals surface area contributed by atoms with Crippen molar-refractivity contribution >= 4 is 34.2 Å². The van der Waals surface area contributed by atoms with Crippen LogP contribution in [0.1, 0.15) is 41.9 Å². The lowest BCUT2D eigenvalue weighted by Gasteiger charge is -2.30. The van der Waals surface area contributed by atoms with Crippen molar-refractivity contribution < 1.29 is 18.0 Å². The molecule has 5 rings (SSSR count). The van der Waals surface area contributed by atoms with Gasteiger partial charge in [-0.3, -0.25) is 4.79 Å². The molecule has 176 valence electrons. The van der Waals surface area contributed by atoms with Gasteiger partial charge in [-0.2, -0.15) is 0 Å². The van der Waals surface area contributed by atoms with E-state index in [1.807, 2.05) is 0 Å². The molecule has 1 fully saturated rings. The van der Waals surface area contributed by atoms with Gasteiger partial charge in [0.15, 0.2) is 29.5 Å². The molecule has 1 saturated carbocycles. The number of carbonyl (C=O) groups is 1. The van der Waals surface area contributed by atoms with Crippen LogP contribution in [-0.2, 0) is 0 Å². The highest BCUT2D eigenvalue weighted by atomic mass is 35.5. The Morgan fingerprint density at radius 2 is 2.03 bits per heavy atom. The largest absolute Gasteiger partial charge is 0.448 e. The zero-order chi connectivity index (χ0) is 23.8. The van der Waals surface area contributed by atoms with E-state index in [1.165, 1.54) is 12.5 Å². The van der Waals surface area contributed by atoms with Gasteiger partial charge in [0, 0.05) is 34.3 Å². The molecule has 1 aliphatic rings. The number of rotatable bonds is 5. The summed E-state index contributed by atoms with van der Waals surface area (Å²) in [7, 11) is 0. The quantitative estimate of drug-likeness (QED) is 0.366. The Balaban J connectivity index is 1.33. The van der Waals surface area contributed by atoms with Crippen molar-refractivity contribution in [2.24, 2.45) is 0 Å². The normalized spacial score (nSPS) is 18.2. The van der Waals surface area contributed by atoms with E-state index in [4.69, 9.17) is 16.0 Å². The minimum absolute atomic E-state index is 0.0474. The number of hydrogen-bond donors (Lipinski definition) is 3. The number of hydrogen-bond acceptors (Lipinski definition) is 6. The number of carbonyl (C=O) groups excluding carboxylic acids is 1. The number of aromatic nitrogens is 4. The summed E-state index contributed by atoms with van der Waals surface area (Å²) < 4.78 is 33.9. The van der Waals surface area contributed by atoms with E-state index in [9.17, 15) is 13.6 Å². The van der Waals surface area contributed by atoms with E-state index in [1.54, 1.807) is 19.2 Å². The van der Waals surface area contributed by atoms with Crippen LogP contribution >= 0.6 is 11.6 Å². The molecule has 3 heterocycles. The lowest BCUT2D eigenvalue weighted by Crippen LogP contribution is -2.42. The van der Waals surface area contributed by atoms with Crippen molar-refractivity contribution in [2.45, 2.75) is 44.7 Å². The highest BCUT2D eigenvalue weighted by molar-refractivity contribution is 6.31. The molecule has 0 saturated heterocycles. The summed E-state index contributed by atoms with van der Waals surface area (Å²) in [4.78, 5) is 27.7. The number of oxazole rings is 1. The fourth-order valence-corrected chi connectivity index (χ4v) is 4.57. The predicted octanol–water partition coefficient (Wildman–Crippen LogP) is 5.01. The number of halogens is 3. The number of nitrogens with zero attached hydrogens (tertiary/aromatic N) is 3. The Morgan fingerprint density at radius 3 is 2.82 bits per heavy atom. The van der Waals surface area contributed by atoms with Crippen molar-refractivity contribution in [3.63, 3.8) is 0 Å². The Morgan fingerprint density at radius 1 is 1.21 bits per heavy atom. The fourth-order valence-electron chi connectivity index (χ4n) is 4.36. The number of aryl methyl sites for hydroxylation is 1. The molecule has 0 spiro atoms. The molecule has 8 nitrogen and oxygen atoms in total. The molecule has 11 heteroatoms. The van der Waals surface area contributed by atoms with Gasteiger partial charge in [-0.15, -0.1) is 0 Å². The molecule has 3 aromatic heterocycles. The van der Waals surface area contributed by atoms with Gasteiger partial charge >= 0.3 is 0 Å². The monoisotopic (exact) mass is 486 g/mol. The van der Waals surface area contributed by atoms with Gasteiger partial charge in [0.2, 0.25) is 0 Å². The van der Waals surface area contributed by atoms with Gasteiger partial charge in [0.05, 0.1) is 11.7 Å². The SMILES string of the molecule is Cc1ocnc1C(=O)N[C@@H]1CCC[C@H](Nc2nc(-c3c[nH]c4c(F)cc(Cl)cc34)ncc2F)C1. The first-order chi connectivity index (χ1) is 16.4. The Kier molecular flexibility index (Phi) is 5.91. The third-order valence-corrected chi connectivity index (χ3v) is 6.22. The second-order valence-corrected chi connectivity index (χ2v) is 8.77. The van der Waals surface area contributed by atoms with E-state index in [-0.39, 0.29) is 45.9 Å². The van der Waals surface area contributed by atoms with Crippen molar-refractivity contribution in [3.05, 3.63) is 59.0 Å². The number of amides is 1. The standard InChI is InChI=1S/C23H21ClF2N6O2/c1-11-19(29-10-34-11)23(33)31-14-4-2-3-13(7-14)30-22-18(26)9-28-21(32-22)16-8-27-20-15(16)5-12(24)6-17(20)25/h5-6,8-10,13-14,27H,2-4,7H2,1H3,(H,31,33)(H,28,30,32)/t13-,14+/m0/s1. The van der Waals surface area contributed by atoms with Crippen LogP contribution in [0.2, 0.25) is 5.02 Å². The van der Waals surface area contributed by atoms with Crippen molar-refractivity contribution in [3.8, 4) is 11.4 Å². The topological polar surface area (TPSA) is 109 Å². The number of nitrogens with one attached hydrogen (secondary N) is 3. The molecule has 0 aliphatic heterocycles. The summed E-state index contributed by atoms with van der Waals surface area (Å²) in [6, 6.07) is 2.61. The molecular weight excluding hydrogens is 466 g/mol. The predicted molar refractivity (Wildman–Crippen MR) is 123 cm³/mol. The fraction of sp³-hybridized carbons (Fsp3) is 0.304. The first-order valence-electron chi connectivity index (χ1n) is 10.9. The van der Waals surface area contributed by atoms with Crippen LogP contribution in [0.3, 0.4) is 0 Å².